The number of hydrogen-bond donors (Lipinski definition) is 2. The number of amides is 3. The molecule has 1 aromatic carbocycles. The molecule has 214 valence electrons. The number of carbonyl (C=O) groups is 2. The van der Waals surface area contributed by atoms with Gasteiger partial charge in [0.15, 0.2) is 23.0 Å². The van der Waals surface area contributed by atoms with Gasteiger partial charge < -0.3 is 15.4 Å². The van der Waals surface area contributed by atoms with Gasteiger partial charge in [-0.2, -0.15) is 22.0 Å². The Bertz CT molecular complexity index is 1550. The van der Waals surface area contributed by atoms with E-state index in [1.54, 1.807) is 6.92 Å². The summed E-state index contributed by atoms with van der Waals surface area (Å²) in [4.78, 5) is 42.7. The van der Waals surface area contributed by atoms with E-state index >= 15 is 0 Å². The highest BCUT2D eigenvalue weighted by Crippen LogP contribution is 2.38. The summed E-state index contributed by atoms with van der Waals surface area (Å²) in [7, 11) is 0. The number of anilines is 1. The van der Waals surface area contributed by atoms with E-state index in [0.29, 0.717) is 17.7 Å². The Hall–Kier alpha value is -4.44. The van der Waals surface area contributed by atoms with E-state index in [9.17, 15) is 49.5 Å². The quantitative estimate of drug-likeness (QED) is 0.437. The molecule has 1 unspecified atom stereocenters. The first-order valence-electron chi connectivity index (χ1n) is 11.2. The molecule has 0 saturated carbocycles. The van der Waals surface area contributed by atoms with Crippen molar-refractivity contribution in [3.8, 4) is 11.4 Å². The number of rotatable bonds is 5. The van der Waals surface area contributed by atoms with E-state index in [-0.39, 0.29) is 30.5 Å². The van der Waals surface area contributed by atoms with Crippen LogP contribution in [0.4, 0.5) is 50.5 Å². The number of nitrogens with zero attached hydrogens (tertiary/aromatic N) is 3. The molecule has 1 aliphatic rings. The molecule has 3 amide bonds. The molecule has 2 atom stereocenters. The van der Waals surface area contributed by atoms with Gasteiger partial charge >= 0.3 is 24.2 Å². The molecule has 4 rings (SSSR count). The Balaban J connectivity index is 1.84. The molecule has 9 nitrogen and oxygen atoms in total. The highest BCUT2D eigenvalue weighted by Gasteiger charge is 2.61. The summed E-state index contributed by atoms with van der Waals surface area (Å²) in [5, 5.41) is 3.37. The summed E-state index contributed by atoms with van der Waals surface area (Å²) in [6.45, 7) is 2.14. The number of fused-ring (bicyclic) bond motifs is 1. The van der Waals surface area contributed by atoms with Gasteiger partial charge in [-0.1, -0.05) is 0 Å². The van der Waals surface area contributed by atoms with Gasteiger partial charge in [-0.3, -0.25) is 14.3 Å². The van der Waals surface area contributed by atoms with Crippen molar-refractivity contribution in [3.05, 3.63) is 58.1 Å². The highest BCUT2D eigenvalue weighted by molar-refractivity contribution is 5.94. The number of aromatic nitrogens is 2. The Morgan fingerprint density at radius 3 is 2.30 bits per heavy atom. The Morgan fingerprint density at radius 1 is 1.12 bits per heavy atom. The second-order valence-corrected chi connectivity index (χ2v) is 8.79. The number of hydrogen-bond acceptors (Lipinski definition) is 5. The molecule has 1 aliphatic heterocycles. The highest BCUT2D eigenvalue weighted by atomic mass is 19.4. The van der Waals surface area contributed by atoms with Crippen LogP contribution in [0.25, 0.3) is 16.7 Å². The maximum Gasteiger partial charge on any atom is 0.455 e. The zero-order valence-corrected chi connectivity index (χ0v) is 20.2. The third-order valence-corrected chi connectivity index (χ3v) is 5.83. The van der Waals surface area contributed by atoms with Crippen molar-refractivity contribution in [1.29, 1.82) is 0 Å². The van der Waals surface area contributed by atoms with Crippen molar-refractivity contribution in [3.63, 3.8) is 0 Å². The van der Waals surface area contributed by atoms with Crippen molar-refractivity contribution in [2.75, 3.05) is 11.4 Å². The number of carbonyl (C=O) groups excluding carboxylic acids is 2. The number of pyridine rings is 2. The molecule has 0 bridgehead atoms. The number of nitrogens with one attached hydrogen (secondary N) is 2. The van der Waals surface area contributed by atoms with Gasteiger partial charge in [-0.25, -0.2) is 27.7 Å². The molecular weight excluding hydrogens is 562 g/mol. The number of alkyl halides is 5. The van der Waals surface area contributed by atoms with Crippen molar-refractivity contribution in [2.24, 2.45) is 0 Å². The van der Waals surface area contributed by atoms with Crippen LogP contribution in [0.2, 0.25) is 0 Å². The summed E-state index contributed by atoms with van der Waals surface area (Å²) >= 11 is 0. The summed E-state index contributed by atoms with van der Waals surface area (Å²) in [6, 6.07) is -0.913. The van der Waals surface area contributed by atoms with Gasteiger partial charge in [0.2, 0.25) is 5.43 Å². The molecule has 2 aromatic heterocycles. The topological polar surface area (TPSA) is 106 Å². The standard InChI is InChI=1S/C23H17F8N5O4/c1-9-7-35(20(38)32-9)16-4-3-12-18(37)15(40-21(39)33-10(2)22(27,28)23(29,30)31)8-36(19(12)34-16)17-13(25)5-11(24)6-14(17)26/h3-6,8-10H,7H2,1-2H3,(H,32,38)(H,33,39)/t9-,10?/m1/s1. The maximum absolute atomic E-state index is 14.8. The zero-order valence-electron chi connectivity index (χ0n) is 20.2. The van der Waals surface area contributed by atoms with E-state index in [4.69, 9.17) is 0 Å². The third kappa shape index (κ3) is 5.10. The number of ether oxygens (including phenoxy) is 1. The number of urea groups is 1. The molecule has 17 heteroatoms. The Morgan fingerprint density at radius 2 is 1.75 bits per heavy atom. The van der Waals surface area contributed by atoms with Crippen LogP contribution in [0.5, 0.6) is 5.75 Å². The molecule has 3 aromatic rings. The second-order valence-electron chi connectivity index (χ2n) is 8.79. The van der Waals surface area contributed by atoms with Gasteiger partial charge in [-0.05, 0) is 26.0 Å². The van der Waals surface area contributed by atoms with E-state index < -0.39 is 75.6 Å². The predicted octanol–water partition coefficient (Wildman–Crippen LogP) is 4.40. The summed E-state index contributed by atoms with van der Waals surface area (Å²) in [6.07, 6.45) is -7.44. The first-order chi connectivity index (χ1) is 18.5. The normalized spacial score (nSPS) is 16.7. The molecule has 1 saturated heterocycles. The lowest BCUT2D eigenvalue weighted by molar-refractivity contribution is -0.290. The first-order valence-corrected chi connectivity index (χ1v) is 11.2. The average Bonchev–Trinajstić information content (AvgIpc) is 3.17. The van der Waals surface area contributed by atoms with Gasteiger partial charge in [0.05, 0.1) is 11.6 Å². The van der Waals surface area contributed by atoms with E-state index in [0.717, 1.165) is 11.0 Å². The summed E-state index contributed by atoms with van der Waals surface area (Å²) in [5.41, 5.74) is -2.70. The molecule has 0 radical (unpaired) electrons. The fraction of sp³-hybridized carbons (Fsp3) is 0.304. The third-order valence-electron chi connectivity index (χ3n) is 5.83. The minimum Gasteiger partial charge on any atom is -0.405 e. The van der Waals surface area contributed by atoms with Crippen LogP contribution < -0.4 is 25.7 Å². The maximum atomic E-state index is 14.8. The fourth-order valence-corrected chi connectivity index (χ4v) is 3.86. The molecule has 0 spiro atoms. The second kappa shape index (κ2) is 9.95. The lowest BCUT2D eigenvalue weighted by Gasteiger charge is -2.26. The Kier molecular flexibility index (Phi) is 7.10. The van der Waals surface area contributed by atoms with Crippen molar-refractivity contribution in [2.45, 2.75) is 38.0 Å². The number of halogens is 8. The molecular formula is C23H17F8N5O4. The minimum absolute atomic E-state index is 0.0694. The van der Waals surface area contributed by atoms with Crippen LogP contribution in [0.1, 0.15) is 13.8 Å². The van der Waals surface area contributed by atoms with Crippen LogP contribution in [0.15, 0.2) is 35.3 Å². The number of benzene rings is 1. The monoisotopic (exact) mass is 579 g/mol. The van der Waals surface area contributed by atoms with Gasteiger partial charge in [0, 0.05) is 24.7 Å². The lowest BCUT2D eigenvalue weighted by Crippen LogP contribution is -2.54. The van der Waals surface area contributed by atoms with Crippen LogP contribution in [0, 0.1) is 17.5 Å². The molecule has 40 heavy (non-hydrogen) atoms. The summed E-state index contributed by atoms with van der Waals surface area (Å²) < 4.78 is 113. The molecule has 2 N–H and O–H groups in total. The van der Waals surface area contributed by atoms with Gasteiger partial charge in [0.25, 0.3) is 0 Å². The SMILES string of the molecule is CC(NC(=O)Oc1cn(-c2c(F)cc(F)cc2F)c2nc(N3C[C@@H](C)NC3=O)ccc2c1=O)C(F)(F)C(F)(F)F. The largest absolute Gasteiger partial charge is 0.455 e. The molecule has 3 heterocycles. The first kappa shape index (κ1) is 28.6. The smallest absolute Gasteiger partial charge is 0.405 e. The van der Waals surface area contributed by atoms with E-state index in [1.807, 2.05) is 0 Å². The Labute approximate surface area is 218 Å². The van der Waals surface area contributed by atoms with Crippen LogP contribution in [0.3, 0.4) is 0 Å². The molecule has 1 fully saturated rings. The molecule has 0 aliphatic carbocycles. The van der Waals surface area contributed by atoms with Crippen LogP contribution in [-0.2, 0) is 0 Å². The minimum atomic E-state index is -6.03. The van der Waals surface area contributed by atoms with Crippen LogP contribution in [-0.4, -0.2) is 52.4 Å². The van der Waals surface area contributed by atoms with Crippen LogP contribution >= 0.6 is 0 Å². The summed E-state index contributed by atoms with van der Waals surface area (Å²) in [5.74, 6) is -10.8. The van der Waals surface area contributed by atoms with Crippen molar-refractivity contribution >= 4 is 29.0 Å². The van der Waals surface area contributed by atoms with Gasteiger partial charge in [-0.15, -0.1) is 0 Å². The van der Waals surface area contributed by atoms with Gasteiger partial charge in [0.1, 0.15) is 23.4 Å². The van der Waals surface area contributed by atoms with Crippen molar-refractivity contribution in [1.82, 2.24) is 20.2 Å². The fourth-order valence-electron chi connectivity index (χ4n) is 3.86. The van der Waals surface area contributed by atoms with E-state index in [2.05, 4.69) is 15.0 Å². The lowest BCUT2D eigenvalue weighted by atomic mass is 10.1. The zero-order chi connectivity index (χ0) is 29.7. The average molecular weight is 579 g/mol. The van der Waals surface area contributed by atoms with E-state index in [1.165, 1.54) is 11.4 Å². The predicted molar refractivity (Wildman–Crippen MR) is 122 cm³/mol. The van der Waals surface area contributed by atoms with Crippen molar-refractivity contribution < 1.29 is 49.4 Å².